The predicted molar refractivity (Wildman–Crippen MR) is 71.5 cm³/mol. The smallest absolute Gasteiger partial charge is 0.293 e. The largest absolute Gasteiger partial charge is 0.463 e. The fraction of sp³-hybridized carbons (Fsp3) is 0.357. The molecule has 1 unspecified atom stereocenters. The minimum Gasteiger partial charge on any atom is -0.463 e. The van der Waals surface area contributed by atoms with Crippen LogP contribution in [0, 0.1) is 0 Å². The molecule has 1 heterocycles. The maximum absolute atomic E-state index is 10.5. The minimum absolute atomic E-state index is 0.120. The van der Waals surface area contributed by atoms with Gasteiger partial charge in [-0.25, -0.2) is 0 Å². The number of fused-ring (bicyclic) bond motifs is 1. The molecule has 1 aromatic carbocycles. The molecule has 0 aliphatic carbocycles. The van der Waals surface area contributed by atoms with Crippen LogP contribution in [0.2, 0.25) is 0 Å². The van der Waals surface area contributed by atoms with Crippen LogP contribution in [0.3, 0.4) is 0 Å². The molecular formula is C14H18N2O2. The van der Waals surface area contributed by atoms with E-state index in [1.54, 1.807) is 0 Å². The predicted octanol–water partition coefficient (Wildman–Crippen LogP) is 1.81. The lowest BCUT2D eigenvalue weighted by atomic mass is 10.2. The van der Waals surface area contributed by atoms with Gasteiger partial charge in [-0.1, -0.05) is 18.2 Å². The second kappa shape index (κ2) is 5.69. The fourth-order valence-electron chi connectivity index (χ4n) is 2.13. The first kappa shape index (κ1) is 12.6. The summed E-state index contributed by atoms with van der Waals surface area (Å²) < 4.78 is 5.11. The summed E-state index contributed by atoms with van der Waals surface area (Å²) in [5, 5.41) is 1.18. The highest BCUT2D eigenvalue weighted by molar-refractivity contribution is 5.80. The average molecular weight is 246 g/mol. The Hall–Kier alpha value is -1.81. The molecule has 1 N–H and O–H groups in total. The van der Waals surface area contributed by atoms with Gasteiger partial charge in [0.05, 0.1) is 0 Å². The SMILES string of the molecule is CN(C)CC(Cc1cc2ccccc2[nH]1)OC=O. The number of nitrogens with zero attached hydrogens (tertiary/aromatic N) is 1. The first-order chi connectivity index (χ1) is 8.69. The van der Waals surface area contributed by atoms with Gasteiger partial charge in [0, 0.05) is 24.2 Å². The number of hydrogen-bond acceptors (Lipinski definition) is 3. The van der Waals surface area contributed by atoms with Crippen LogP contribution in [0.1, 0.15) is 5.69 Å². The maximum atomic E-state index is 10.5. The number of benzene rings is 1. The Balaban J connectivity index is 2.12. The van der Waals surface area contributed by atoms with E-state index in [1.807, 2.05) is 37.2 Å². The second-order valence-electron chi connectivity index (χ2n) is 4.70. The Morgan fingerprint density at radius 3 is 2.83 bits per heavy atom. The highest BCUT2D eigenvalue weighted by Crippen LogP contribution is 2.16. The van der Waals surface area contributed by atoms with Crippen molar-refractivity contribution in [1.82, 2.24) is 9.88 Å². The summed E-state index contributed by atoms with van der Waals surface area (Å²) in [6, 6.07) is 10.2. The van der Waals surface area contributed by atoms with Gasteiger partial charge in [-0.05, 0) is 31.6 Å². The van der Waals surface area contributed by atoms with E-state index in [1.165, 1.54) is 5.39 Å². The van der Waals surface area contributed by atoms with Gasteiger partial charge < -0.3 is 14.6 Å². The normalized spacial score (nSPS) is 12.8. The van der Waals surface area contributed by atoms with Crippen molar-refractivity contribution >= 4 is 17.4 Å². The van der Waals surface area contributed by atoms with Gasteiger partial charge in [0.15, 0.2) is 0 Å². The van der Waals surface area contributed by atoms with Gasteiger partial charge in [-0.3, -0.25) is 4.79 Å². The van der Waals surface area contributed by atoms with Gasteiger partial charge >= 0.3 is 0 Å². The highest BCUT2D eigenvalue weighted by Gasteiger charge is 2.13. The number of likely N-dealkylation sites (N-methyl/N-ethyl adjacent to an activating group) is 1. The standard InChI is InChI=1S/C14H18N2O2/c1-16(2)9-13(18-10-17)8-12-7-11-5-3-4-6-14(11)15-12/h3-7,10,13,15H,8-9H2,1-2H3. The number of hydrogen-bond donors (Lipinski definition) is 1. The first-order valence-corrected chi connectivity index (χ1v) is 5.99. The van der Waals surface area contributed by atoms with Crippen LogP contribution in [-0.4, -0.2) is 43.1 Å². The average Bonchev–Trinajstić information content (AvgIpc) is 2.70. The molecule has 0 aliphatic rings. The molecule has 0 fully saturated rings. The van der Waals surface area contributed by atoms with E-state index >= 15 is 0 Å². The third-order valence-corrected chi connectivity index (χ3v) is 2.85. The number of rotatable bonds is 6. The molecule has 4 heteroatoms. The summed E-state index contributed by atoms with van der Waals surface area (Å²) in [6.45, 7) is 1.24. The number of carbonyl (C=O) groups is 1. The molecule has 4 nitrogen and oxygen atoms in total. The van der Waals surface area contributed by atoms with E-state index in [4.69, 9.17) is 4.74 Å². The van der Waals surface area contributed by atoms with Crippen LogP contribution < -0.4 is 0 Å². The molecule has 18 heavy (non-hydrogen) atoms. The zero-order valence-electron chi connectivity index (χ0n) is 10.7. The fourth-order valence-corrected chi connectivity index (χ4v) is 2.13. The van der Waals surface area contributed by atoms with Crippen molar-refractivity contribution in [1.29, 1.82) is 0 Å². The highest BCUT2D eigenvalue weighted by atomic mass is 16.5. The molecule has 0 radical (unpaired) electrons. The molecule has 0 aliphatic heterocycles. The second-order valence-corrected chi connectivity index (χ2v) is 4.70. The number of carbonyl (C=O) groups excluding carboxylic acids is 1. The quantitative estimate of drug-likeness (QED) is 0.791. The van der Waals surface area contributed by atoms with Crippen LogP contribution in [0.25, 0.3) is 10.9 Å². The Labute approximate surface area is 107 Å². The third-order valence-electron chi connectivity index (χ3n) is 2.85. The van der Waals surface area contributed by atoms with Crippen molar-refractivity contribution < 1.29 is 9.53 Å². The van der Waals surface area contributed by atoms with Crippen molar-refractivity contribution in [2.75, 3.05) is 20.6 Å². The van der Waals surface area contributed by atoms with Crippen molar-refractivity contribution in [3.05, 3.63) is 36.0 Å². The maximum Gasteiger partial charge on any atom is 0.293 e. The molecule has 96 valence electrons. The molecule has 1 aromatic heterocycles. The van der Waals surface area contributed by atoms with Crippen LogP contribution in [0.4, 0.5) is 0 Å². The van der Waals surface area contributed by atoms with Gasteiger partial charge in [0.1, 0.15) is 6.10 Å². The first-order valence-electron chi connectivity index (χ1n) is 5.99. The minimum atomic E-state index is -0.120. The number of ether oxygens (including phenoxy) is 1. The Morgan fingerprint density at radius 2 is 2.17 bits per heavy atom. The molecule has 0 saturated heterocycles. The lowest BCUT2D eigenvalue weighted by Crippen LogP contribution is -2.30. The zero-order valence-corrected chi connectivity index (χ0v) is 10.7. The van der Waals surface area contributed by atoms with E-state index in [-0.39, 0.29) is 6.10 Å². The van der Waals surface area contributed by atoms with Crippen molar-refractivity contribution in [3.63, 3.8) is 0 Å². The molecule has 0 amide bonds. The zero-order chi connectivity index (χ0) is 13.0. The summed E-state index contributed by atoms with van der Waals surface area (Å²) in [5.74, 6) is 0. The Kier molecular flexibility index (Phi) is 3.99. The molecule has 0 bridgehead atoms. The van der Waals surface area contributed by atoms with Gasteiger partial charge in [0.25, 0.3) is 6.47 Å². The molecule has 2 rings (SSSR count). The summed E-state index contributed by atoms with van der Waals surface area (Å²) in [4.78, 5) is 15.9. The number of H-pyrrole nitrogens is 1. The van der Waals surface area contributed by atoms with Crippen LogP contribution in [0.5, 0.6) is 0 Å². The summed E-state index contributed by atoms with van der Waals surface area (Å²) in [7, 11) is 3.93. The topological polar surface area (TPSA) is 45.3 Å². The summed E-state index contributed by atoms with van der Waals surface area (Å²) in [6.07, 6.45) is 0.580. The van der Waals surface area contributed by atoms with Crippen molar-refractivity contribution in [3.8, 4) is 0 Å². The van der Waals surface area contributed by atoms with Crippen LogP contribution in [-0.2, 0) is 16.0 Å². The Bertz CT molecular complexity index is 486. The number of nitrogens with one attached hydrogen (secondary N) is 1. The van der Waals surface area contributed by atoms with E-state index in [0.29, 0.717) is 19.4 Å². The van der Waals surface area contributed by atoms with Crippen molar-refractivity contribution in [2.24, 2.45) is 0 Å². The van der Waals surface area contributed by atoms with Crippen LogP contribution >= 0.6 is 0 Å². The van der Waals surface area contributed by atoms with E-state index in [0.717, 1.165) is 11.2 Å². The molecule has 2 aromatic rings. The van der Waals surface area contributed by atoms with E-state index in [9.17, 15) is 4.79 Å². The van der Waals surface area contributed by atoms with E-state index in [2.05, 4.69) is 17.1 Å². The number of aromatic nitrogens is 1. The lowest BCUT2D eigenvalue weighted by molar-refractivity contribution is -0.134. The Morgan fingerprint density at radius 1 is 1.39 bits per heavy atom. The van der Waals surface area contributed by atoms with Crippen molar-refractivity contribution in [2.45, 2.75) is 12.5 Å². The van der Waals surface area contributed by atoms with Gasteiger partial charge in [-0.2, -0.15) is 0 Å². The monoisotopic (exact) mass is 246 g/mol. The number of aromatic amines is 1. The summed E-state index contributed by atoms with van der Waals surface area (Å²) >= 11 is 0. The molecule has 0 spiro atoms. The van der Waals surface area contributed by atoms with Crippen LogP contribution in [0.15, 0.2) is 30.3 Å². The summed E-state index contributed by atoms with van der Waals surface area (Å²) in [5.41, 5.74) is 2.20. The number of para-hydroxylation sites is 1. The third kappa shape index (κ3) is 3.11. The van der Waals surface area contributed by atoms with E-state index < -0.39 is 0 Å². The van der Waals surface area contributed by atoms with Gasteiger partial charge in [-0.15, -0.1) is 0 Å². The lowest BCUT2D eigenvalue weighted by Gasteiger charge is -2.18. The molecule has 1 atom stereocenters. The molecular weight excluding hydrogens is 228 g/mol. The molecule has 0 saturated carbocycles. The van der Waals surface area contributed by atoms with Gasteiger partial charge in [0.2, 0.25) is 0 Å².